The Hall–Kier alpha value is -1.07. The predicted molar refractivity (Wildman–Crippen MR) is 62.8 cm³/mol. The summed E-state index contributed by atoms with van der Waals surface area (Å²) in [7, 11) is 0. The second kappa shape index (κ2) is 5.72. The fraction of sp³-hybridized carbons (Fsp3) is 0.556. The summed E-state index contributed by atoms with van der Waals surface area (Å²) in [5.74, 6) is 6.74. The lowest BCUT2D eigenvalue weighted by atomic mass is 10.1. The second-order valence-corrected chi connectivity index (χ2v) is 3.84. The van der Waals surface area contributed by atoms with Gasteiger partial charge in [0.15, 0.2) is 5.82 Å². The highest BCUT2D eigenvalue weighted by atomic mass is 35.5. The summed E-state index contributed by atoms with van der Waals surface area (Å²) in [6, 6.07) is 0. The molecule has 0 spiro atoms. The van der Waals surface area contributed by atoms with Gasteiger partial charge in [0, 0.05) is 6.54 Å². The lowest BCUT2D eigenvalue weighted by Gasteiger charge is -2.12. The van der Waals surface area contributed by atoms with Crippen molar-refractivity contribution >= 4 is 23.4 Å². The molecule has 0 aliphatic carbocycles. The molecular formula is C9H16ClN5. The van der Waals surface area contributed by atoms with Crippen LogP contribution in [-0.2, 0) is 0 Å². The largest absolute Gasteiger partial charge is 0.368 e. The second-order valence-electron chi connectivity index (χ2n) is 3.43. The average Bonchev–Trinajstić information content (AvgIpc) is 2.27. The summed E-state index contributed by atoms with van der Waals surface area (Å²) in [6.45, 7) is 5.13. The number of hydrazine groups is 1. The molecule has 0 aromatic carbocycles. The molecule has 1 aromatic heterocycles. The van der Waals surface area contributed by atoms with Gasteiger partial charge in [0.2, 0.25) is 5.95 Å². The Morgan fingerprint density at radius 3 is 2.93 bits per heavy atom. The van der Waals surface area contributed by atoms with Crippen molar-refractivity contribution in [1.29, 1.82) is 0 Å². The van der Waals surface area contributed by atoms with Crippen LogP contribution >= 0.6 is 11.6 Å². The Bertz CT molecular complexity index is 317. The van der Waals surface area contributed by atoms with Gasteiger partial charge in [-0.2, -0.15) is 4.98 Å². The highest BCUT2D eigenvalue weighted by Crippen LogP contribution is 2.19. The van der Waals surface area contributed by atoms with Gasteiger partial charge in [-0.05, 0) is 5.92 Å². The third kappa shape index (κ3) is 3.53. The SMILES string of the molecule is CCC(C)CNc1nc(NN)ncc1Cl. The summed E-state index contributed by atoms with van der Waals surface area (Å²) >= 11 is 5.92. The van der Waals surface area contributed by atoms with Gasteiger partial charge in [-0.25, -0.2) is 10.8 Å². The van der Waals surface area contributed by atoms with Crippen molar-refractivity contribution < 1.29 is 0 Å². The molecule has 15 heavy (non-hydrogen) atoms. The fourth-order valence-electron chi connectivity index (χ4n) is 0.976. The Labute approximate surface area is 94.4 Å². The molecule has 4 N–H and O–H groups in total. The molecule has 0 amide bonds. The Balaban J connectivity index is 2.66. The number of rotatable bonds is 5. The number of hydrogen-bond acceptors (Lipinski definition) is 5. The molecule has 1 heterocycles. The minimum Gasteiger partial charge on any atom is -0.368 e. The summed E-state index contributed by atoms with van der Waals surface area (Å²) in [4.78, 5) is 7.99. The molecule has 1 atom stereocenters. The van der Waals surface area contributed by atoms with Gasteiger partial charge in [-0.3, -0.25) is 5.43 Å². The van der Waals surface area contributed by atoms with Gasteiger partial charge in [0.05, 0.1) is 6.20 Å². The fourth-order valence-corrected chi connectivity index (χ4v) is 1.13. The smallest absolute Gasteiger partial charge is 0.239 e. The number of anilines is 2. The Morgan fingerprint density at radius 1 is 1.60 bits per heavy atom. The number of nitrogens with two attached hydrogens (primary N) is 1. The first-order chi connectivity index (χ1) is 7.17. The molecule has 1 rings (SSSR count). The van der Waals surface area contributed by atoms with Crippen molar-refractivity contribution in [2.24, 2.45) is 11.8 Å². The van der Waals surface area contributed by atoms with E-state index in [9.17, 15) is 0 Å². The maximum absolute atomic E-state index is 5.92. The van der Waals surface area contributed by atoms with Crippen molar-refractivity contribution in [3.63, 3.8) is 0 Å². The standard InChI is InChI=1S/C9H16ClN5/c1-3-6(2)4-12-8-7(10)5-13-9(14-8)15-11/h5-6H,3-4,11H2,1-2H3,(H2,12,13,14,15). The zero-order valence-corrected chi connectivity index (χ0v) is 9.67. The van der Waals surface area contributed by atoms with Crippen LogP contribution in [0.25, 0.3) is 0 Å². The van der Waals surface area contributed by atoms with Crippen molar-refractivity contribution in [3.05, 3.63) is 11.2 Å². The van der Waals surface area contributed by atoms with E-state index in [0.29, 0.717) is 22.7 Å². The van der Waals surface area contributed by atoms with Crippen molar-refractivity contribution in [2.45, 2.75) is 20.3 Å². The molecule has 0 saturated carbocycles. The van der Waals surface area contributed by atoms with Crippen LogP contribution in [-0.4, -0.2) is 16.5 Å². The van der Waals surface area contributed by atoms with Crippen molar-refractivity contribution in [3.8, 4) is 0 Å². The Morgan fingerprint density at radius 2 is 2.33 bits per heavy atom. The number of nitrogen functional groups attached to an aromatic ring is 1. The van der Waals surface area contributed by atoms with Gasteiger partial charge in [-0.1, -0.05) is 31.9 Å². The number of nitrogens with one attached hydrogen (secondary N) is 2. The van der Waals surface area contributed by atoms with Crippen molar-refractivity contribution in [2.75, 3.05) is 17.3 Å². The van der Waals surface area contributed by atoms with E-state index in [1.165, 1.54) is 6.20 Å². The molecule has 0 fully saturated rings. The first-order valence-corrected chi connectivity index (χ1v) is 5.28. The van der Waals surface area contributed by atoms with E-state index in [0.717, 1.165) is 13.0 Å². The van der Waals surface area contributed by atoms with E-state index in [4.69, 9.17) is 17.4 Å². The molecule has 0 saturated heterocycles. The molecular weight excluding hydrogens is 214 g/mol. The van der Waals surface area contributed by atoms with Crippen LogP contribution in [0.5, 0.6) is 0 Å². The maximum atomic E-state index is 5.92. The van der Waals surface area contributed by atoms with Gasteiger partial charge in [0.1, 0.15) is 5.02 Å². The highest BCUT2D eigenvalue weighted by Gasteiger charge is 2.05. The highest BCUT2D eigenvalue weighted by molar-refractivity contribution is 6.32. The topological polar surface area (TPSA) is 75.9 Å². The van der Waals surface area contributed by atoms with Gasteiger partial charge >= 0.3 is 0 Å². The molecule has 0 aliphatic heterocycles. The Kier molecular flexibility index (Phi) is 4.58. The minimum atomic E-state index is 0.353. The van der Waals surface area contributed by atoms with Crippen LogP contribution in [0.15, 0.2) is 6.20 Å². The van der Waals surface area contributed by atoms with E-state index in [-0.39, 0.29) is 0 Å². The molecule has 0 bridgehead atoms. The van der Waals surface area contributed by atoms with E-state index >= 15 is 0 Å². The van der Waals surface area contributed by atoms with E-state index in [1.54, 1.807) is 0 Å². The average molecular weight is 230 g/mol. The summed E-state index contributed by atoms with van der Waals surface area (Å²) in [5, 5.41) is 3.66. The molecule has 0 radical (unpaired) electrons. The van der Waals surface area contributed by atoms with Crippen LogP contribution in [0.4, 0.5) is 11.8 Å². The lowest BCUT2D eigenvalue weighted by Crippen LogP contribution is -2.15. The quantitative estimate of drug-likeness (QED) is 0.531. The van der Waals surface area contributed by atoms with Crippen molar-refractivity contribution in [1.82, 2.24) is 9.97 Å². The van der Waals surface area contributed by atoms with E-state index in [1.807, 2.05) is 0 Å². The lowest BCUT2D eigenvalue weighted by molar-refractivity contribution is 0.592. The third-order valence-electron chi connectivity index (χ3n) is 2.19. The monoisotopic (exact) mass is 229 g/mol. The molecule has 1 aromatic rings. The van der Waals surface area contributed by atoms with Crippen LogP contribution in [0.1, 0.15) is 20.3 Å². The number of nitrogens with zero attached hydrogens (tertiary/aromatic N) is 2. The maximum Gasteiger partial charge on any atom is 0.239 e. The molecule has 84 valence electrons. The first kappa shape index (κ1) is 12.0. The molecule has 5 nitrogen and oxygen atoms in total. The minimum absolute atomic E-state index is 0.353. The van der Waals surface area contributed by atoms with Crippen LogP contribution in [0.3, 0.4) is 0 Å². The molecule has 0 aliphatic rings. The number of hydrogen-bond donors (Lipinski definition) is 3. The third-order valence-corrected chi connectivity index (χ3v) is 2.46. The number of aromatic nitrogens is 2. The zero-order valence-electron chi connectivity index (χ0n) is 8.92. The van der Waals surface area contributed by atoms with Gasteiger partial charge in [-0.15, -0.1) is 0 Å². The van der Waals surface area contributed by atoms with Crippen LogP contribution < -0.4 is 16.6 Å². The van der Waals surface area contributed by atoms with Crippen LogP contribution in [0, 0.1) is 5.92 Å². The van der Waals surface area contributed by atoms with Gasteiger partial charge in [0.25, 0.3) is 0 Å². The van der Waals surface area contributed by atoms with E-state index in [2.05, 4.69) is 34.6 Å². The van der Waals surface area contributed by atoms with E-state index < -0.39 is 0 Å². The molecule has 1 unspecified atom stereocenters. The van der Waals surface area contributed by atoms with Gasteiger partial charge < -0.3 is 5.32 Å². The zero-order chi connectivity index (χ0) is 11.3. The normalized spacial score (nSPS) is 12.3. The summed E-state index contributed by atoms with van der Waals surface area (Å²) in [6.07, 6.45) is 2.63. The molecule has 6 heteroatoms. The first-order valence-electron chi connectivity index (χ1n) is 4.90. The summed E-state index contributed by atoms with van der Waals surface area (Å²) < 4.78 is 0. The summed E-state index contributed by atoms with van der Waals surface area (Å²) in [5.41, 5.74) is 2.38. The van der Waals surface area contributed by atoms with Crippen LogP contribution in [0.2, 0.25) is 5.02 Å². The number of halogens is 1. The predicted octanol–water partition coefficient (Wildman–Crippen LogP) is 1.87.